The van der Waals surface area contributed by atoms with Crippen LogP contribution in [-0.4, -0.2) is 16.7 Å². The number of rotatable bonds is 3. The third-order valence-electron chi connectivity index (χ3n) is 3.42. The van der Waals surface area contributed by atoms with Crippen LogP contribution in [0.4, 0.5) is 5.69 Å². The Labute approximate surface area is 127 Å². The molecule has 2 aromatic carbocycles. The first-order valence-electron chi connectivity index (χ1n) is 6.91. The average Bonchev–Trinajstić information content (AvgIpc) is 2.54. The molecule has 1 aromatic heterocycles. The van der Waals surface area contributed by atoms with Gasteiger partial charge < -0.3 is 5.32 Å². The van der Waals surface area contributed by atoms with E-state index in [1.165, 1.54) is 6.92 Å². The molecule has 1 N–H and O–H groups in total. The quantitative estimate of drug-likeness (QED) is 0.748. The predicted octanol–water partition coefficient (Wildman–Crippen LogP) is 3.69. The molecule has 3 rings (SSSR count). The number of anilines is 1. The van der Waals surface area contributed by atoms with E-state index in [-0.39, 0.29) is 11.7 Å². The second-order valence-corrected chi connectivity index (χ2v) is 4.97. The van der Waals surface area contributed by atoms with Crippen LogP contribution in [0.5, 0.6) is 0 Å². The number of nitrogens with zero attached hydrogens (tertiary/aromatic N) is 1. The Morgan fingerprint density at radius 2 is 1.82 bits per heavy atom. The third-order valence-corrected chi connectivity index (χ3v) is 3.42. The van der Waals surface area contributed by atoms with E-state index in [1.54, 1.807) is 30.5 Å². The summed E-state index contributed by atoms with van der Waals surface area (Å²) in [6, 6.07) is 16.3. The Morgan fingerprint density at radius 3 is 2.64 bits per heavy atom. The van der Waals surface area contributed by atoms with Crippen LogP contribution >= 0.6 is 0 Å². The fourth-order valence-corrected chi connectivity index (χ4v) is 2.31. The van der Waals surface area contributed by atoms with Crippen molar-refractivity contribution in [2.24, 2.45) is 0 Å². The van der Waals surface area contributed by atoms with Gasteiger partial charge >= 0.3 is 0 Å². The second kappa shape index (κ2) is 5.77. The van der Waals surface area contributed by atoms with Gasteiger partial charge in [0.1, 0.15) is 5.69 Å². The maximum atomic E-state index is 12.5. The molecule has 0 fully saturated rings. The first-order valence-corrected chi connectivity index (χ1v) is 6.91. The van der Waals surface area contributed by atoms with Crippen LogP contribution in [0.3, 0.4) is 0 Å². The van der Waals surface area contributed by atoms with Gasteiger partial charge in [-0.3, -0.25) is 14.6 Å². The first-order chi connectivity index (χ1) is 10.6. The summed E-state index contributed by atoms with van der Waals surface area (Å²) in [5, 5.41) is 4.55. The van der Waals surface area contributed by atoms with Gasteiger partial charge in [0.15, 0.2) is 5.78 Å². The monoisotopic (exact) mass is 290 g/mol. The van der Waals surface area contributed by atoms with Crippen molar-refractivity contribution in [2.45, 2.75) is 6.92 Å². The van der Waals surface area contributed by atoms with Crippen molar-refractivity contribution in [3.8, 4) is 0 Å². The molecule has 108 valence electrons. The normalized spacial score (nSPS) is 10.4. The highest BCUT2D eigenvalue weighted by Crippen LogP contribution is 2.18. The molecule has 1 amide bonds. The maximum Gasteiger partial charge on any atom is 0.274 e. The van der Waals surface area contributed by atoms with E-state index in [9.17, 15) is 9.59 Å². The lowest BCUT2D eigenvalue weighted by Gasteiger charge is -2.08. The summed E-state index contributed by atoms with van der Waals surface area (Å²) in [6.45, 7) is 1.49. The summed E-state index contributed by atoms with van der Waals surface area (Å²) in [4.78, 5) is 28.0. The van der Waals surface area contributed by atoms with E-state index in [0.29, 0.717) is 16.9 Å². The van der Waals surface area contributed by atoms with Crippen LogP contribution in [-0.2, 0) is 0 Å². The predicted molar refractivity (Wildman–Crippen MR) is 86.1 cm³/mol. The molecule has 0 radical (unpaired) electrons. The average molecular weight is 290 g/mol. The van der Waals surface area contributed by atoms with Crippen molar-refractivity contribution in [1.82, 2.24) is 4.98 Å². The number of pyridine rings is 1. The standard InChI is InChI=1S/C18H14N2O2/c1-12(21)14-6-4-7-15(11-14)20-18(22)17-16-8-3-2-5-13(16)9-10-19-17/h2-11H,1H3,(H,20,22). The number of carbonyl (C=O) groups excluding carboxylic acids is 2. The van der Waals surface area contributed by atoms with Crippen molar-refractivity contribution < 1.29 is 9.59 Å². The van der Waals surface area contributed by atoms with E-state index in [4.69, 9.17) is 0 Å². The number of Topliss-reactive ketones (excluding diaryl/α,β-unsaturated/α-hetero) is 1. The van der Waals surface area contributed by atoms with E-state index in [0.717, 1.165) is 10.8 Å². The van der Waals surface area contributed by atoms with Crippen LogP contribution in [0, 0.1) is 0 Å². The van der Waals surface area contributed by atoms with Crippen LogP contribution in [0.2, 0.25) is 0 Å². The smallest absolute Gasteiger partial charge is 0.274 e. The lowest BCUT2D eigenvalue weighted by molar-refractivity contribution is 0.101. The molecule has 0 aliphatic rings. The zero-order valence-electron chi connectivity index (χ0n) is 12.0. The van der Waals surface area contributed by atoms with Gasteiger partial charge in [-0.2, -0.15) is 0 Å². The Kier molecular flexibility index (Phi) is 3.66. The highest BCUT2D eigenvalue weighted by molar-refractivity contribution is 6.11. The topological polar surface area (TPSA) is 59.1 Å². The summed E-state index contributed by atoms with van der Waals surface area (Å²) in [6.07, 6.45) is 1.61. The highest BCUT2D eigenvalue weighted by Gasteiger charge is 2.12. The van der Waals surface area contributed by atoms with Crippen LogP contribution < -0.4 is 5.32 Å². The molecule has 0 saturated carbocycles. The van der Waals surface area contributed by atoms with E-state index >= 15 is 0 Å². The highest BCUT2D eigenvalue weighted by atomic mass is 16.2. The number of ketones is 1. The van der Waals surface area contributed by atoms with E-state index in [2.05, 4.69) is 10.3 Å². The summed E-state index contributed by atoms with van der Waals surface area (Å²) in [5.74, 6) is -0.336. The molecule has 0 bridgehead atoms. The number of amides is 1. The van der Waals surface area contributed by atoms with Crippen molar-refractivity contribution in [3.63, 3.8) is 0 Å². The zero-order chi connectivity index (χ0) is 15.5. The molecule has 0 saturated heterocycles. The summed E-state index contributed by atoms with van der Waals surface area (Å²) < 4.78 is 0. The lowest BCUT2D eigenvalue weighted by Crippen LogP contribution is -2.14. The SMILES string of the molecule is CC(=O)c1cccc(NC(=O)c2nccc3ccccc23)c1. The number of nitrogens with one attached hydrogen (secondary N) is 1. The van der Waals surface area contributed by atoms with Crippen molar-refractivity contribution in [3.05, 3.63) is 72.1 Å². The Hall–Kier alpha value is -3.01. The van der Waals surface area contributed by atoms with E-state index < -0.39 is 0 Å². The molecule has 4 heteroatoms. The molecule has 0 aliphatic heterocycles. The lowest BCUT2D eigenvalue weighted by atomic mass is 10.1. The maximum absolute atomic E-state index is 12.5. The molecule has 0 spiro atoms. The molecule has 3 aromatic rings. The minimum absolute atomic E-state index is 0.0422. The van der Waals surface area contributed by atoms with Gasteiger partial charge in [-0.05, 0) is 30.5 Å². The molecule has 22 heavy (non-hydrogen) atoms. The van der Waals surface area contributed by atoms with E-state index in [1.807, 2.05) is 30.3 Å². The number of hydrogen-bond acceptors (Lipinski definition) is 3. The molecule has 0 atom stereocenters. The van der Waals surface area contributed by atoms with Gasteiger partial charge in [0.05, 0.1) is 0 Å². The largest absolute Gasteiger partial charge is 0.321 e. The van der Waals surface area contributed by atoms with Crippen molar-refractivity contribution in [1.29, 1.82) is 0 Å². The van der Waals surface area contributed by atoms with Crippen molar-refractivity contribution in [2.75, 3.05) is 5.32 Å². The summed E-state index contributed by atoms with van der Waals surface area (Å²) in [7, 11) is 0. The van der Waals surface area contributed by atoms with Crippen LogP contribution in [0.25, 0.3) is 10.8 Å². The number of hydrogen-bond donors (Lipinski definition) is 1. The van der Waals surface area contributed by atoms with Gasteiger partial charge in [0.25, 0.3) is 5.91 Å². The van der Waals surface area contributed by atoms with Crippen LogP contribution in [0.1, 0.15) is 27.8 Å². The Balaban J connectivity index is 1.94. The third kappa shape index (κ3) is 2.72. The molecular weight excluding hydrogens is 276 g/mol. The fourth-order valence-electron chi connectivity index (χ4n) is 2.31. The fraction of sp³-hybridized carbons (Fsp3) is 0.0556. The second-order valence-electron chi connectivity index (χ2n) is 4.97. The minimum atomic E-state index is -0.294. The minimum Gasteiger partial charge on any atom is -0.321 e. The van der Waals surface area contributed by atoms with Crippen molar-refractivity contribution >= 4 is 28.2 Å². The number of benzene rings is 2. The number of aromatic nitrogens is 1. The number of carbonyl (C=O) groups is 2. The molecule has 4 nitrogen and oxygen atoms in total. The van der Waals surface area contributed by atoms with Gasteiger partial charge in [-0.25, -0.2) is 0 Å². The molecule has 0 aliphatic carbocycles. The van der Waals surface area contributed by atoms with Gasteiger partial charge in [-0.15, -0.1) is 0 Å². The number of fused-ring (bicyclic) bond motifs is 1. The zero-order valence-corrected chi connectivity index (χ0v) is 12.0. The summed E-state index contributed by atoms with van der Waals surface area (Å²) in [5.41, 5.74) is 1.50. The first kappa shape index (κ1) is 13.9. The molecule has 0 unspecified atom stereocenters. The van der Waals surface area contributed by atoms with Gasteiger partial charge in [-0.1, -0.05) is 36.4 Å². The summed E-state index contributed by atoms with van der Waals surface area (Å²) >= 11 is 0. The van der Waals surface area contributed by atoms with Crippen LogP contribution in [0.15, 0.2) is 60.8 Å². The Morgan fingerprint density at radius 1 is 1.00 bits per heavy atom. The molecular formula is C18H14N2O2. The Bertz CT molecular complexity index is 866. The van der Waals surface area contributed by atoms with Gasteiger partial charge in [0.2, 0.25) is 0 Å². The van der Waals surface area contributed by atoms with Gasteiger partial charge in [0, 0.05) is 22.8 Å². The molecule has 1 heterocycles.